The molecule has 3 nitrogen and oxygen atoms in total. The molecule has 0 amide bonds. The van der Waals surface area contributed by atoms with Gasteiger partial charge in [0.15, 0.2) is 0 Å². The number of esters is 1. The number of halogens is 11. The predicted molar refractivity (Wildman–Crippen MR) is 62.0 cm³/mol. The minimum Gasteiger partial charge on any atom is -0.411 e. The lowest BCUT2D eigenvalue weighted by Crippen LogP contribution is -2.72. The molecule has 0 radical (unpaired) electrons. The van der Waals surface area contributed by atoms with Gasteiger partial charge in [-0.1, -0.05) is 13.5 Å². The Bertz CT molecular complexity index is 567. The number of hydrogen-bond acceptors (Lipinski definition) is 3. The SMILES string of the molecule is C=C(C)C(=O)OC(F)(C(F)(F)F)C(F)(F)C(F)(F)C(F)(F)C(O)(F)CC. The van der Waals surface area contributed by atoms with Crippen molar-refractivity contribution in [2.24, 2.45) is 0 Å². The highest BCUT2D eigenvalue weighted by molar-refractivity contribution is 5.87. The molecule has 0 spiro atoms. The van der Waals surface area contributed by atoms with E-state index in [4.69, 9.17) is 5.11 Å². The maximum Gasteiger partial charge on any atom is 0.467 e. The van der Waals surface area contributed by atoms with Crippen molar-refractivity contribution in [1.82, 2.24) is 0 Å². The largest absolute Gasteiger partial charge is 0.467 e. The zero-order valence-electron chi connectivity index (χ0n) is 12.8. The van der Waals surface area contributed by atoms with Gasteiger partial charge in [0, 0.05) is 12.0 Å². The van der Waals surface area contributed by atoms with Gasteiger partial charge in [-0.05, 0) is 6.92 Å². The van der Waals surface area contributed by atoms with Crippen LogP contribution in [-0.4, -0.2) is 46.7 Å². The van der Waals surface area contributed by atoms with Crippen molar-refractivity contribution in [1.29, 1.82) is 0 Å². The maximum atomic E-state index is 13.8. The summed E-state index contributed by atoms with van der Waals surface area (Å²) in [5.41, 5.74) is -1.18. The molecule has 0 fully saturated rings. The molecule has 1 N–H and O–H groups in total. The number of alkyl halides is 11. The van der Waals surface area contributed by atoms with Crippen LogP contribution in [0, 0.1) is 0 Å². The molecule has 0 rings (SSSR count). The minimum atomic E-state index is -7.57. The fourth-order valence-corrected chi connectivity index (χ4v) is 1.38. The van der Waals surface area contributed by atoms with Crippen molar-refractivity contribution in [2.45, 2.75) is 55.9 Å². The summed E-state index contributed by atoms with van der Waals surface area (Å²) in [6.07, 6.45) is -9.15. The number of rotatable bonds is 7. The highest BCUT2D eigenvalue weighted by Gasteiger charge is 2.91. The van der Waals surface area contributed by atoms with Gasteiger partial charge in [0.1, 0.15) is 0 Å². The van der Waals surface area contributed by atoms with Gasteiger partial charge >= 0.3 is 35.8 Å². The van der Waals surface area contributed by atoms with E-state index in [1.165, 1.54) is 0 Å². The highest BCUT2D eigenvalue weighted by atomic mass is 19.4. The molecule has 26 heavy (non-hydrogen) atoms. The van der Waals surface area contributed by atoms with Crippen LogP contribution in [0.5, 0.6) is 0 Å². The van der Waals surface area contributed by atoms with Crippen molar-refractivity contribution in [3.8, 4) is 0 Å². The molecule has 14 heteroatoms. The molecular formula is C12H11F11O3. The summed E-state index contributed by atoms with van der Waals surface area (Å²) in [6, 6.07) is 0. The van der Waals surface area contributed by atoms with Crippen molar-refractivity contribution < 1.29 is 62.9 Å². The fourth-order valence-electron chi connectivity index (χ4n) is 1.38. The number of carbonyl (C=O) groups is 1. The average molecular weight is 412 g/mol. The van der Waals surface area contributed by atoms with Gasteiger partial charge < -0.3 is 9.84 Å². The second-order valence-corrected chi connectivity index (χ2v) is 5.10. The smallest absolute Gasteiger partial charge is 0.411 e. The van der Waals surface area contributed by atoms with Gasteiger partial charge in [-0.3, -0.25) is 0 Å². The predicted octanol–water partition coefficient (Wildman–Crippen LogP) is 4.31. The molecular weight excluding hydrogens is 401 g/mol. The molecule has 0 aromatic rings. The molecule has 0 aliphatic heterocycles. The molecule has 2 unspecified atom stereocenters. The molecule has 0 saturated carbocycles. The Morgan fingerprint density at radius 2 is 1.27 bits per heavy atom. The monoisotopic (exact) mass is 412 g/mol. The van der Waals surface area contributed by atoms with Crippen LogP contribution in [0.15, 0.2) is 12.2 Å². The third-order valence-corrected chi connectivity index (χ3v) is 3.09. The quantitative estimate of drug-likeness (QED) is 0.385. The van der Waals surface area contributed by atoms with Crippen molar-refractivity contribution >= 4 is 5.97 Å². The standard InChI is InChI=1S/C12H11F11O3/c1-4-7(13,25)8(14,15)9(16,17)10(18,19)11(20,12(21,22)23)26-6(24)5(2)3/h25H,2,4H2,1,3H3. The Labute approximate surface area is 138 Å². The van der Waals surface area contributed by atoms with Crippen LogP contribution >= 0.6 is 0 Å². The van der Waals surface area contributed by atoms with E-state index in [9.17, 15) is 53.1 Å². The van der Waals surface area contributed by atoms with Crippen LogP contribution < -0.4 is 0 Å². The third-order valence-electron chi connectivity index (χ3n) is 3.09. The summed E-state index contributed by atoms with van der Waals surface area (Å²) in [4.78, 5) is 10.9. The van der Waals surface area contributed by atoms with Crippen LogP contribution in [-0.2, 0) is 9.53 Å². The second-order valence-electron chi connectivity index (χ2n) is 5.10. The summed E-state index contributed by atoms with van der Waals surface area (Å²) in [5.74, 6) is -37.1. The van der Waals surface area contributed by atoms with Gasteiger partial charge in [-0.15, -0.1) is 0 Å². The van der Waals surface area contributed by atoms with Crippen LogP contribution in [0.3, 0.4) is 0 Å². The first-order chi connectivity index (χ1) is 11.1. The maximum absolute atomic E-state index is 13.8. The van der Waals surface area contributed by atoms with Crippen LogP contribution in [0.1, 0.15) is 20.3 Å². The number of aliphatic hydroxyl groups is 1. The van der Waals surface area contributed by atoms with E-state index in [2.05, 4.69) is 11.3 Å². The summed E-state index contributed by atoms with van der Waals surface area (Å²) in [6.45, 7) is 3.34. The first kappa shape index (κ1) is 24.4. The highest BCUT2D eigenvalue weighted by Crippen LogP contribution is 2.59. The van der Waals surface area contributed by atoms with Gasteiger partial charge in [-0.25, -0.2) is 9.18 Å². The molecule has 0 aromatic heterocycles. The Morgan fingerprint density at radius 3 is 1.54 bits per heavy atom. The molecule has 0 aliphatic carbocycles. The molecule has 0 aliphatic rings. The van der Waals surface area contributed by atoms with Crippen LogP contribution in [0.25, 0.3) is 0 Å². The topological polar surface area (TPSA) is 46.5 Å². The summed E-state index contributed by atoms with van der Waals surface area (Å²) < 4.78 is 148. The lowest BCUT2D eigenvalue weighted by molar-refractivity contribution is -0.460. The Balaban J connectivity index is 6.58. The van der Waals surface area contributed by atoms with E-state index in [0.717, 1.165) is 0 Å². The molecule has 0 saturated heterocycles. The number of ether oxygens (including phenoxy) is 1. The Hall–Kier alpha value is -1.60. The third kappa shape index (κ3) is 3.34. The van der Waals surface area contributed by atoms with Crippen molar-refractivity contribution in [3.63, 3.8) is 0 Å². The zero-order valence-corrected chi connectivity index (χ0v) is 12.8. The zero-order chi connectivity index (χ0) is 21.6. The first-order valence-corrected chi connectivity index (χ1v) is 6.33. The van der Waals surface area contributed by atoms with E-state index in [-0.39, 0.29) is 6.92 Å². The van der Waals surface area contributed by atoms with Gasteiger partial charge in [0.25, 0.3) is 5.85 Å². The Morgan fingerprint density at radius 1 is 0.885 bits per heavy atom. The van der Waals surface area contributed by atoms with Crippen LogP contribution in [0.2, 0.25) is 0 Å². The molecule has 2 atom stereocenters. The van der Waals surface area contributed by atoms with Gasteiger partial charge in [-0.2, -0.15) is 43.9 Å². The summed E-state index contributed by atoms with van der Waals surface area (Å²) in [7, 11) is 0. The van der Waals surface area contributed by atoms with Crippen LogP contribution in [0.4, 0.5) is 48.3 Å². The molecule has 0 aromatic carbocycles. The van der Waals surface area contributed by atoms with Crippen molar-refractivity contribution in [2.75, 3.05) is 0 Å². The number of hydrogen-bond donors (Lipinski definition) is 1. The van der Waals surface area contributed by atoms with E-state index in [1.807, 2.05) is 0 Å². The molecule has 0 heterocycles. The summed E-state index contributed by atoms with van der Waals surface area (Å²) in [5, 5.41) is 8.53. The second kappa shape index (κ2) is 6.53. The van der Waals surface area contributed by atoms with Gasteiger partial charge in [0.2, 0.25) is 0 Å². The normalized spacial score (nSPS) is 18.7. The fraction of sp³-hybridized carbons (Fsp3) is 0.750. The van der Waals surface area contributed by atoms with E-state index in [0.29, 0.717) is 6.92 Å². The summed E-state index contributed by atoms with van der Waals surface area (Å²) >= 11 is 0. The number of carbonyl (C=O) groups excluding carboxylic acids is 1. The Kier molecular flexibility index (Phi) is 6.13. The van der Waals surface area contributed by atoms with Crippen molar-refractivity contribution in [3.05, 3.63) is 12.2 Å². The van der Waals surface area contributed by atoms with E-state index >= 15 is 0 Å². The molecule has 154 valence electrons. The average Bonchev–Trinajstić information content (AvgIpc) is 2.44. The lowest BCUT2D eigenvalue weighted by atomic mass is 9.91. The van der Waals surface area contributed by atoms with E-state index < -0.39 is 53.6 Å². The van der Waals surface area contributed by atoms with Gasteiger partial charge in [0.05, 0.1) is 0 Å². The lowest BCUT2D eigenvalue weighted by Gasteiger charge is -2.42. The minimum absolute atomic E-state index is 0.260. The first-order valence-electron chi connectivity index (χ1n) is 6.33. The van der Waals surface area contributed by atoms with E-state index in [1.54, 1.807) is 0 Å². The molecule has 0 bridgehead atoms.